The first-order chi connectivity index (χ1) is 13.1. The average molecular weight is 374 g/mol. The Labute approximate surface area is 164 Å². The maximum Gasteiger partial charge on any atom is 0.223 e. The summed E-state index contributed by atoms with van der Waals surface area (Å²) in [6.07, 6.45) is 3.02. The number of likely N-dealkylation sites (N-methyl/N-ethyl adjacent to an activating group) is 1. The first-order valence-corrected chi connectivity index (χ1v) is 10.4. The van der Waals surface area contributed by atoms with Crippen molar-refractivity contribution in [2.24, 2.45) is 5.92 Å². The summed E-state index contributed by atoms with van der Waals surface area (Å²) >= 11 is 0. The Balaban J connectivity index is 1.90. The van der Waals surface area contributed by atoms with Crippen molar-refractivity contribution in [1.29, 1.82) is 0 Å². The molecular formula is C22H35N3O2. The summed E-state index contributed by atoms with van der Waals surface area (Å²) < 4.78 is 0. The van der Waals surface area contributed by atoms with Crippen LogP contribution >= 0.6 is 0 Å². The number of likely N-dealkylation sites (tertiary alicyclic amines) is 1. The first kappa shape index (κ1) is 21.4. The largest absolute Gasteiger partial charge is 0.354 e. The van der Waals surface area contributed by atoms with Gasteiger partial charge < -0.3 is 10.2 Å². The van der Waals surface area contributed by atoms with Gasteiger partial charge in [0.05, 0.1) is 6.04 Å². The third-order valence-corrected chi connectivity index (χ3v) is 5.59. The van der Waals surface area contributed by atoms with Gasteiger partial charge in [0.25, 0.3) is 0 Å². The summed E-state index contributed by atoms with van der Waals surface area (Å²) in [6, 6.07) is 10.6. The zero-order valence-electron chi connectivity index (χ0n) is 17.1. The molecule has 1 aliphatic rings. The minimum absolute atomic E-state index is 0.0174. The molecule has 1 saturated heterocycles. The fourth-order valence-electron chi connectivity index (χ4n) is 3.90. The van der Waals surface area contributed by atoms with E-state index in [9.17, 15) is 9.59 Å². The van der Waals surface area contributed by atoms with Crippen molar-refractivity contribution >= 4 is 11.8 Å². The number of carbonyl (C=O) groups excluding carboxylic acids is 2. The van der Waals surface area contributed by atoms with Crippen molar-refractivity contribution in [3.8, 4) is 0 Å². The zero-order valence-corrected chi connectivity index (χ0v) is 17.1. The van der Waals surface area contributed by atoms with Crippen LogP contribution in [0.2, 0.25) is 0 Å². The van der Waals surface area contributed by atoms with Crippen molar-refractivity contribution in [3.63, 3.8) is 0 Å². The quantitative estimate of drug-likeness (QED) is 0.723. The molecule has 27 heavy (non-hydrogen) atoms. The molecule has 2 rings (SSSR count). The topological polar surface area (TPSA) is 52.7 Å². The molecule has 1 aliphatic heterocycles. The predicted octanol–water partition coefficient (Wildman–Crippen LogP) is 3.22. The summed E-state index contributed by atoms with van der Waals surface area (Å²) in [5, 5.41) is 3.19. The molecule has 1 atom stereocenters. The molecule has 0 radical (unpaired) electrons. The molecular weight excluding hydrogens is 338 g/mol. The number of piperidine rings is 1. The summed E-state index contributed by atoms with van der Waals surface area (Å²) in [7, 11) is 0. The van der Waals surface area contributed by atoms with Crippen molar-refractivity contribution in [3.05, 3.63) is 35.9 Å². The number of nitrogens with zero attached hydrogens (tertiary/aromatic N) is 2. The molecule has 1 fully saturated rings. The second-order valence-electron chi connectivity index (χ2n) is 7.30. The number of carbonyl (C=O) groups is 2. The van der Waals surface area contributed by atoms with Crippen molar-refractivity contribution in [2.75, 3.05) is 32.7 Å². The highest BCUT2D eigenvalue weighted by atomic mass is 16.2. The standard InChI is InChI=1S/C22H35N3O2/c1-4-10-21(26)25-15-13-19(14-16-25)22(27)23-17-20(24(5-2)6-3)18-11-8-7-9-12-18/h7-9,11-12,19-20H,4-6,10,13-17H2,1-3H3,(H,23,27). The minimum atomic E-state index is 0.0174. The second kappa shape index (κ2) is 11.1. The van der Waals surface area contributed by atoms with Gasteiger partial charge in [0.1, 0.15) is 0 Å². The van der Waals surface area contributed by atoms with E-state index in [0.717, 1.165) is 32.4 Å². The van der Waals surface area contributed by atoms with Gasteiger partial charge in [-0.15, -0.1) is 0 Å². The third-order valence-electron chi connectivity index (χ3n) is 5.59. The van der Waals surface area contributed by atoms with E-state index in [1.165, 1.54) is 5.56 Å². The molecule has 0 saturated carbocycles. The molecule has 0 spiro atoms. The van der Waals surface area contributed by atoms with Gasteiger partial charge in [-0.25, -0.2) is 0 Å². The molecule has 5 nitrogen and oxygen atoms in total. The van der Waals surface area contributed by atoms with Crippen LogP contribution in [0.25, 0.3) is 0 Å². The van der Waals surface area contributed by atoms with E-state index < -0.39 is 0 Å². The molecule has 150 valence electrons. The molecule has 1 aromatic rings. The van der Waals surface area contributed by atoms with E-state index in [1.807, 2.05) is 17.9 Å². The minimum Gasteiger partial charge on any atom is -0.354 e. The van der Waals surface area contributed by atoms with Gasteiger partial charge in [0.15, 0.2) is 0 Å². The van der Waals surface area contributed by atoms with Crippen LogP contribution in [0.15, 0.2) is 30.3 Å². The molecule has 1 aromatic carbocycles. The molecule has 0 bridgehead atoms. The maximum absolute atomic E-state index is 12.7. The SMILES string of the molecule is CCCC(=O)N1CCC(C(=O)NCC(c2ccccc2)N(CC)CC)CC1. The molecule has 0 aliphatic carbocycles. The number of hydrogen-bond donors (Lipinski definition) is 1. The van der Waals surface area contributed by atoms with Gasteiger partial charge in [-0.05, 0) is 37.9 Å². The van der Waals surface area contributed by atoms with Gasteiger partial charge >= 0.3 is 0 Å². The summed E-state index contributed by atoms with van der Waals surface area (Å²) in [5.74, 6) is 0.372. The Kier molecular flexibility index (Phi) is 8.79. The molecule has 2 amide bonds. The fourth-order valence-corrected chi connectivity index (χ4v) is 3.90. The predicted molar refractivity (Wildman–Crippen MR) is 109 cm³/mol. The van der Waals surface area contributed by atoms with Crippen LogP contribution in [-0.2, 0) is 9.59 Å². The van der Waals surface area contributed by atoms with Crippen LogP contribution in [0.1, 0.15) is 58.1 Å². The number of benzene rings is 1. The van der Waals surface area contributed by atoms with Crippen LogP contribution in [0.3, 0.4) is 0 Å². The van der Waals surface area contributed by atoms with Crippen LogP contribution in [-0.4, -0.2) is 54.3 Å². The number of nitrogens with one attached hydrogen (secondary N) is 1. The van der Waals surface area contributed by atoms with E-state index in [4.69, 9.17) is 0 Å². The second-order valence-corrected chi connectivity index (χ2v) is 7.30. The lowest BCUT2D eigenvalue weighted by Gasteiger charge is -2.33. The van der Waals surface area contributed by atoms with Gasteiger partial charge in [-0.3, -0.25) is 14.5 Å². The fraction of sp³-hybridized carbons (Fsp3) is 0.636. The number of hydrogen-bond acceptors (Lipinski definition) is 3. The van der Waals surface area contributed by atoms with Crippen LogP contribution in [0, 0.1) is 5.92 Å². The summed E-state index contributed by atoms with van der Waals surface area (Å²) in [4.78, 5) is 29.0. The molecule has 5 heteroatoms. The van der Waals surface area contributed by atoms with Crippen LogP contribution in [0.5, 0.6) is 0 Å². The van der Waals surface area contributed by atoms with E-state index in [1.54, 1.807) is 0 Å². The molecule has 1 heterocycles. The highest BCUT2D eigenvalue weighted by Crippen LogP contribution is 2.21. The van der Waals surface area contributed by atoms with Gasteiger partial charge in [-0.1, -0.05) is 51.1 Å². The van der Waals surface area contributed by atoms with Crippen molar-refractivity contribution < 1.29 is 9.59 Å². The highest BCUT2D eigenvalue weighted by molar-refractivity contribution is 5.80. The Morgan fingerprint density at radius 2 is 1.74 bits per heavy atom. The lowest BCUT2D eigenvalue weighted by Crippen LogP contribution is -2.45. The van der Waals surface area contributed by atoms with Gasteiger partial charge in [0.2, 0.25) is 11.8 Å². The Morgan fingerprint density at radius 3 is 2.30 bits per heavy atom. The Hall–Kier alpha value is -1.88. The normalized spacial score (nSPS) is 16.4. The zero-order chi connectivity index (χ0) is 19.6. The first-order valence-electron chi connectivity index (χ1n) is 10.4. The molecule has 0 aromatic heterocycles. The van der Waals surface area contributed by atoms with Crippen molar-refractivity contribution in [1.82, 2.24) is 15.1 Å². The van der Waals surface area contributed by atoms with Crippen LogP contribution in [0.4, 0.5) is 0 Å². The Morgan fingerprint density at radius 1 is 1.11 bits per heavy atom. The van der Waals surface area contributed by atoms with Crippen LogP contribution < -0.4 is 5.32 Å². The summed E-state index contributed by atoms with van der Waals surface area (Å²) in [6.45, 7) is 10.3. The smallest absolute Gasteiger partial charge is 0.223 e. The number of amides is 2. The maximum atomic E-state index is 12.7. The van der Waals surface area contributed by atoms with Gasteiger partial charge in [0, 0.05) is 32.0 Å². The van der Waals surface area contributed by atoms with E-state index in [2.05, 4.69) is 48.3 Å². The Bertz CT molecular complexity index is 578. The monoisotopic (exact) mass is 373 g/mol. The van der Waals surface area contributed by atoms with E-state index in [-0.39, 0.29) is 23.8 Å². The van der Waals surface area contributed by atoms with Gasteiger partial charge in [-0.2, -0.15) is 0 Å². The van der Waals surface area contributed by atoms with E-state index >= 15 is 0 Å². The third kappa shape index (κ3) is 6.06. The van der Waals surface area contributed by atoms with E-state index in [0.29, 0.717) is 26.1 Å². The highest BCUT2D eigenvalue weighted by Gasteiger charge is 2.28. The lowest BCUT2D eigenvalue weighted by atomic mass is 9.95. The molecule has 1 N–H and O–H groups in total. The van der Waals surface area contributed by atoms with Crippen molar-refractivity contribution in [2.45, 2.75) is 52.5 Å². The average Bonchev–Trinajstić information content (AvgIpc) is 2.72. The lowest BCUT2D eigenvalue weighted by molar-refractivity contribution is -0.135. The molecule has 1 unspecified atom stereocenters. The summed E-state index contributed by atoms with van der Waals surface area (Å²) in [5.41, 5.74) is 1.24. The number of rotatable bonds is 9.